The van der Waals surface area contributed by atoms with Gasteiger partial charge in [0.25, 0.3) is 0 Å². The quantitative estimate of drug-likeness (QED) is 0.828. The largest absolute Gasteiger partial charge is 0.389 e. The van der Waals surface area contributed by atoms with E-state index in [-0.39, 0.29) is 0 Å². The van der Waals surface area contributed by atoms with E-state index in [1.54, 1.807) is 35.3 Å². The third kappa shape index (κ3) is 3.09. The first-order valence-electron chi connectivity index (χ1n) is 4.62. The van der Waals surface area contributed by atoms with E-state index in [1.165, 1.54) is 14.7 Å². The second-order valence-corrected chi connectivity index (χ2v) is 5.65. The Kier molecular flexibility index (Phi) is 5.39. The molecule has 0 fully saturated rings. The molecule has 1 rings (SSSR count). The smallest absolute Gasteiger partial charge is 0.0762 e. The minimum atomic E-state index is -0.391. The van der Waals surface area contributed by atoms with Crippen LogP contribution in [0.3, 0.4) is 0 Å². The summed E-state index contributed by atoms with van der Waals surface area (Å²) in [6.07, 6.45) is 5.85. The third-order valence-corrected chi connectivity index (χ3v) is 4.80. The second-order valence-electron chi connectivity index (χ2n) is 3.13. The highest BCUT2D eigenvalue weighted by Crippen LogP contribution is 2.38. The van der Waals surface area contributed by atoms with Crippen molar-refractivity contribution in [3.8, 4) is 0 Å². The van der Waals surface area contributed by atoms with Crippen LogP contribution in [0.4, 0.5) is 0 Å². The van der Waals surface area contributed by atoms with Crippen LogP contribution in [0, 0.1) is 0 Å². The average molecular weight is 260 g/mol. The highest BCUT2D eigenvalue weighted by Gasteiger charge is 2.11. The molecule has 84 valence electrons. The number of aliphatic hydroxyl groups is 1. The maximum Gasteiger partial charge on any atom is 0.0762 e. The van der Waals surface area contributed by atoms with Gasteiger partial charge in [0.15, 0.2) is 0 Å². The lowest BCUT2D eigenvalue weighted by Gasteiger charge is -2.14. The molecule has 0 aliphatic heterocycles. The number of benzene rings is 1. The molecule has 0 saturated carbocycles. The van der Waals surface area contributed by atoms with E-state index < -0.39 is 6.10 Å². The molecule has 1 aromatic carbocycles. The summed E-state index contributed by atoms with van der Waals surface area (Å²) in [5.74, 6) is 0. The fourth-order valence-electron chi connectivity index (χ4n) is 1.34. The standard InChI is InChI=1S/C11H16OS3/c1-7(12)8-5-9(13-2)11(15-4)10(6-8)14-3/h5-7,12H,1-4H3. The lowest BCUT2D eigenvalue weighted by molar-refractivity contribution is 0.198. The fourth-order valence-corrected chi connectivity index (χ4v) is 4.03. The van der Waals surface area contributed by atoms with Crippen LogP contribution in [-0.4, -0.2) is 23.9 Å². The van der Waals surface area contributed by atoms with Gasteiger partial charge in [-0.2, -0.15) is 0 Å². The van der Waals surface area contributed by atoms with Crippen LogP contribution < -0.4 is 0 Å². The van der Waals surface area contributed by atoms with Crippen LogP contribution in [0.1, 0.15) is 18.6 Å². The summed E-state index contributed by atoms with van der Waals surface area (Å²) in [4.78, 5) is 3.83. The van der Waals surface area contributed by atoms with Gasteiger partial charge in [0, 0.05) is 14.7 Å². The minimum absolute atomic E-state index is 0.391. The Morgan fingerprint density at radius 2 is 1.47 bits per heavy atom. The fraction of sp³-hybridized carbons (Fsp3) is 0.455. The van der Waals surface area contributed by atoms with E-state index in [9.17, 15) is 5.11 Å². The average Bonchev–Trinajstić information content (AvgIpc) is 2.26. The van der Waals surface area contributed by atoms with Crippen molar-refractivity contribution in [1.82, 2.24) is 0 Å². The van der Waals surface area contributed by atoms with Crippen molar-refractivity contribution in [1.29, 1.82) is 0 Å². The van der Waals surface area contributed by atoms with Gasteiger partial charge in [-0.05, 0) is 43.4 Å². The molecule has 0 bridgehead atoms. The van der Waals surface area contributed by atoms with Crippen molar-refractivity contribution >= 4 is 35.3 Å². The van der Waals surface area contributed by atoms with Gasteiger partial charge in [-0.15, -0.1) is 35.3 Å². The molecule has 1 unspecified atom stereocenters. The van der Waals surface area contributed by atoms with Crippen molar-refractivity contribution in [2.24, 2.45) is 0 Å². The van der Waals surface area contributed by atoms with Gasteiger partial charge in [0.2, 0.25) is 0 Å². The Bertz CT molecular complexity index is 312. The van der Waals surface area contributed by atoms with Gasteiger partial charge in [0.1, 0.15) is 0 Å². The topological polar surface area (TPSA) is 20.2 Å². The molecular weight excluding hydrogens is 244 g/mol. The Labute approximate surface area is 104 Å². The molecule has 1 atom stereocenters. The maximum atomic E-state index is 9.60. The molecule has 15 heavy (non-hydrogen) atoms. The minimum Gasteiger partial charge on any atom is -0.389 e. The lowest BCUT2D eigenvalue weighted by Crippen LogP contribution is -1.94. The van der Waals surface area contributed by atoms with Crippen LogP contribution in [0.2, 0.25) is 0 Å². The Balaban J connectivity index is 3.29. The predicted molar refractivity (Wildman–Crippen MR) is 72.4 cm³/mol. The molecule has 1 N–H and O–H groups in total. The van der Waals surface area contributed by atoms with Crippen molar-refractivity contribution in [2.45, 2.75) is 27.7 Å². The van der Waals surface area contributed by atoms with Gasteiger partial charge >= 0.3 is 0 Å². The molecule has 0 spiro atoms. The number of thioether (sulfide) groups is 3. The summed E-state index contributed by atoms with van der Waals surface area (Å²) in [6.45, 7) is 1.81. The normalized spacial score (nSPS) is 12.9. The van der Waals surface area contributed by atoms with Gasteiger partial charge in [-0.3, -0.25) is 0 Å². The first-order valence-corrected chi connectivity index (χ1v) is 8.29. The summed E-state index contributed by atoms with van der Waals surface area (Å²) in [7, 11) is 0. The number of hydrogen-bond acceptors (Lipinski definition) is 4. The maximum absolute atomic E-state index is 9.60. The van der Waals surface area contributed by atoms with Crippen molar-refractivity contribution in [3.63, 3.8) is 0 Å². The molecule has 1 nitrogen and oxygen atoms in total. The second kappa shape index (κ2) is 6.09. The Morgan fingerprint density at radius 1 is 1.00 bits per heavy atom. The third-order valence-electron chi connectivity index (χ3n) is 2.17. The van der Waals surface area contributed by atoms with Crippen LogP contribution in [0.15, 0.2) is 26.8 Å². The molecule has 0 saturated heterocycles. The molecule has 0 aromatic heterocycles. The summed E-state index contributed by atoms with van der Waals surface area (Å²) in [5, 5.41) is 9.60. The van der Waals surface area contributed by atoms with Gasteiger partial charge < -0.3 is 5.11 Å². The van der Waals surface area contributed by atoms with Crippen LogP contribution in [0.25, 0.3) is 0 Å². The van der Waals surface area contributed by atoms with Crippen molar-refractivity contribution in [2.75, 3.05) is 18.8 Å². The van der Waals surface area contributed by atoms with E-state index in [2.05, 4.69) is 30.9 Å². The number of hydrogen-bond donors (Lipinski definition) is 1. The molecule has 0 aliphatic rings. The molecule has 1 aromatic rings. The summed E-state index contributed by atoms with van der Waals surface area (Å²) < 4.78 is 0. The van der Waals surface area contributed by atoms with Crippen LogP contribution in [-0.2, 0) is 0 Å². The van der Waals surface area contributed by atoms with Crippen LogP contribution >= 0.6 is 35.3 Å². The predicted octanol–water partition coefficient (Wildman–Crippen LogP) is 3.91. The summed E-state index contributed by atoms with van der Waals surface area (Å²) in [5.41, 5.74) is 1.00. The first kappa shape index (κ1) is 13.3. The lowest BCUT2D eigenvalue weighted by atomic mass is 10.1. The molecule has 0 heterocycles. The Morgan fingerprint density at radius 3 is 1.73 bits per heavy atom. The van der Waals surface area contributed by atoms with Crippen molar-refractivity contribution < 1.29 is 5.11 Å². The Hall–Kier alpha value is 0.230. The molecule has 0 amide bonds. The van der Waals surface area contributed by atoms with E-state index in [4.69, 9.17) is 0 Å². The highest BCUT2D eigenvalue weighted by atomic mass is 32.2. The van der Waals surface area contributed by atoms with Gasteiger partial charge in [-0.25, -0.2) is 0 Å². The zero-order chi connectivity index (χ0) is 11.4. The number of rotatable bonds is 4. The molecule has 0 aliphatic carbocycles. The molecular formula is C11H16OS3. The van der Waals surface area contributed by atoms with E-state index in [0.717, 1.165) is 5.56 Å². The SMILES string of the molecule is CSc1cc(C(C)O)cc(SC)c1SC. The monoisotopic (exact) mass is 260 g/mol. The highest BCUT2D eigenvalue weighted by molar-refractivity contribution is 8.03. The van der Waals surface area contributed by atoms with Gasteiger partial charge in [0.05, 0.1) is 6.10 Å². The number of aliphatic hydroxyl groups excluding tert-OH is 1. The zero-order valence-corrected chi connectivity index (χ0v) is 11.9. The van der Waals surface area contributed by atoms with Crippen molar-refractivity contribution in [3.05, 3.63) is 17.7 Å². The van der Waals surface area contributed by atoms with E-state index in [0.29, 0.717) is 0 Å². The van der Waals surface area contributed by atoms with E-state index >= 15 is 0 Å². The summed E-state index contributed by atoms with van der Waals surface area (Å²) >= 11 is 5.24. The molecule has 0 radical (unpaired) electrons. The first-order chi connectivity index (χ1) is 7.13. The molecule has 4 heteroatoms. The van der Waals surface area contributed by atoms with Crippen LogP contribution in [0.5, 0.6) is 0 Å². The van der Waals surface area contributed by atoms with Gasteiger partial charge in [-0.1, -0.05) is 0 Å². The summed E-state index contributed by atoms with van der Waals surface area (Å²) in [6, 6.07) is 4.17. The van der Waals surface area contributed by atoms with E-state index in [1.807, 2.05) is 6.92 Å². The zero-order valence-electron chi connectivity index (χ0n) is 9.40.